The van der Waals surface area contributed by atoms with Gasteiger partial charge in [-0.15, -0.1) is 0 Å². The van der Waals surface area contributed by atoms with Gasteiger partial charge < -0.3 is 9.47 Å². The van der Waals surface area contributed by atoms with Crippen LogP contribution in [0.1, 0.15) is 17.3 Å². The Morgan fingerprint density at radius 3 is 2.19 bits per heavy atom. The summed E-state index contributed by atoms with van der Waals surface area (Å²) in [5, 5.41) is 0. The van der Waals surface area contributed by atoms with Crippen molar-refractivity contribution in [2.45, 2.75) is 6.92 Å². The van der Waals surface area contributed by atoms with Crippen LogP contribution < -0.4 is 9.47 Å². The molecule has 0 N–H and O–H groups in total. The van der Waals surface area contributed by atoms with Crippen LogP contribution in [0.2, 0.25) is 0 Å². The minimum Gasteiger partial charge on any atom is -0.496 e. The van der Waals surface area contributed by atoms with Crippen molar-refractivity contribution in [3.63, 3.8) is 0 Å². The maximum atomic E-state index is 11.7. The maximum absolute atomic E-state index is 11.7. The molecule has 0 radical (unpaired) electrons. The lowest BCUT2D eigenvalue weighted by Crippen LogP contribution is -1.98. The number of halogens is 3. The Kier molecular flexibility index (Phi) is 5.46. The predicted molar refractivity (Wildman–Crippen MR) is 92.6 cm³/mol. The monoisotopic (exact) mass is 476 g/mol. The summed E-state index contributed by atoms with van der Waals surface area (Å²) in [5.41, 5.74) is 0.525. The van der Waals surface area contributed by atoms with Gasteiger partial charge in [0, 0.05) is 4.47 Å². The lowest BCUT2D eigenvalue weighted by Gasteiger charge is -2.13. The SMILES string of the molecule is COc1cc(Br)c(Oc2cc(Br)ccc2C(C)=O)cc1Br. The van der Waals surface area contributed by atoms with E-state index in [4.69, 9.17) is 9.47 Å². The van der Waals surface area contributed by atoms with Gasteiger partial charge in [-0.3, -0.25) is 4.79 Å². The summed E-state index contributed by atoms with van der Waals surface area (Å²) >= 11 is 10.2. The first-order valence-electron chi connectivity index (χ1n) is 5.93. The van der Waals surface area contributed by atoms with Gasteiger partial charge in [0.25, 0.3) is 0 Å². The van der Waals surface area contributed by atoms with Crippen molar-refractivity contribution in [1.29, 1.82) is 0 Å². The van der Waals surface area contributed by atoms with Gasteiger partial charge in [-0.25, -0.2) is 0 Å². The van der Waals surface area contributed by atoms with Crippen LogP contribution in [0.25, 0.3) is 0 Å². The van der Waals surface area contributed by atoms with E-state index in [1.807, 2.05) is 6.07 Å². The highest BCUT2D eigenvalue weighted by molar-refractivity contribution is 9.11. The molecular formula is C15H11Br3O3. The summed E-state index contributed by atoms with van der Waals surface area (Å²) in [7, 11) is 1.59. The first kappa shape index (κ1) is 16.5. The average molecular weight is 479 g/mol. The molecule has 2 rings (SSSR count). The van der Waals surface area contributed by atoms with Crippen molar-refractivity contribution >= 4 is 53.6 Å². The highest BCUT2D eigenvalue weighted by Gasteiger charge is 2.14. The highest BCUT2D eigenvalue weighted by atomic mass is 79.9. The molecule has 110 valence electrons. The van der Waals surface area contributed by atoms with Crippen LogP contribution in [0, 0.1) is 0 Å². The number of Topliss-reactive ketones (excluding diaryl/α,β-unsaturated/α-hetero) is 1. The summed E-state index contributed by atoms with van der Waals surface area (Å²) in [4.78, 5) is 11.7. The standard InChI is InChI=1S/C15H11Br3O3/c1-8(19)10-4-3-9(16)5-13(10)21-15-7-11(17)14(20-2)6-12(15)18/h3-7H,1-2H3. The first-order valence-corrected chi connectivity index (χ1v) is 8.31. The third-order valence-electron chi connectivity index (χ3n) is 2.75. The van der Waals surface area contributed by atoms with Gasteiger partial charge in [0.1, 0.15) is 17.2 Å². The molecule has 0 spiro atoms. The number of hydrogen-bond donors (Lipinski definition) is 0. The smallest absolute Gasteiger partial charge is 0.163 e. The Labute approximate surface area is 148 Å². The van der Waals surface area contributed by atoms with E-state index in [1.54, 1.807) is 31.4 Å². The number of ketones is 1. The van der Waals surface area contributed by atoms with Gasteiger partial charge in [-0.05, 0) is 69.1 Å². The second-order valence-electron chi connectivity index (χ2n) is 4.22. The fourth-order valence-electron chi connectivity index (χ4n) is 1.73. The van der Waals surface area contributed by atoms with Crippen LogP contribution in [0.15, 0.2) is 43.7 Å². The fraction of sp³-hybridized carbons (Fsp3) is 0.133. The lowest BCUT2D eigenvalue weighted by atomic mass is 10.1. The van der Waals surface area contributed by atoms with Crippen molar-refractivity contribution in [2.24, 2.45) is 0 Å². The lowest BCUT2D eigenvalue weighted by molar-refractivity contribution is 0.101. The molecule has 2 aromatic carbocycles. The van der Waals surface area contributed by atoms with Crippen LogP contribution in [-0.2, 0) is 0 Å². The molecule has 21 heavy (non-hydrogen) atoms. The Bertz CT molecular complexity index is 699. The number of methoxy groups -OCH3 is 1. The molecule has 0 aromatic heterocycles. The van der Waals surface area contributed by atoms with Crippen LogP contribution in [-0.4, -0.2) is 12.9 Å². The Balaban J connectivity index is 2.45. The summed E-state index contributed by atoms with van der Waals surface area (Å²) in [6, 6.07) is 8.89. The van der Waals surface area contributed by atoms with Gasteiger partial charge in [0.05, 0.1) is 21.6 Å². The van der Waals surface area contributed by atoms with E-state index in [0.717, 1.165) is 13.4 Å². The number of benzene rings is 2. The zero-order valence-electron chi connectivity index (χ0n) is 11.2. The molecule has 3 nitrogen and oxygen atoms in total. The molecule has 0 atom stereocenters. The second-order valence-corrected chi connectivity index (χ2v) is 6.84. The Hall–Kier alpha value is -0.850. The molecule has 0 saturated heterocycles. The molecule has 0 fully saturated rings. The zero-order valence-corrected chi connectivity index (χ0v) is 16.0. The molecule has 0 bridgehead atoms. The van der Waals surface area contributed by atoms with Crippen molar-refractivity contribution in [1.82, 2.24) is 0 Å². The number of rotatable bonds is 4. The van der Waals surface area contributed by atoms with Crippen LogP contribution in [0.5, 0.6) is 17.2 Å². The van der Waals surface area contributed by atoms with Crippen LogP contribution in [0.4, 0.5) is 0 Å². The fourth-order valence-corrected chi connectivity index (χ4v) is 2.96. The first-order chi connectivity index (χ1) is 9.92. The van der Waals surface area contributed by atoms with E-state index >= 15 is 0 Å². The number of carbonyl (C=O) groups is 1. The van der Waals surface area contributed by atoms with Crippen molar-refractivity contribution in [3.05, 3.63) is 49.3 Å². The molecule has 0 aliphatic heterocycles. The minimum atomic E-state index is -0.0544. The van der Waals surface area contributed by atoms with Crippen molar-refractivity contribution in [3.8, 4) is 17.2 Å². The quantitative estimate of drug-likeness (QED) is 0.507. The average Bonchev–Trinajstić information content (AvgIpc) is 2.42. The van der Waals surface area contributed by atoms with Gasteiger partial charge in [-0.2, -0.15) is 0 Å². The van der Waals surface area contributed by atoms with Gasteiger partial charge in [-0.1, -0.05) is 15.9 Å². The van der Waals surface area contributed by atoms with E-state index in [1.165, 1.54) is 6.92 Å². The van der Waals surface area contributed by atoms with Gasteiger partial charge in [0.2, 0.25) is 0 Å². The molecule has 0 aliphatic carbocycles. The molecule has 6 heteroatoms. The normalized spacial score (nSPS) is 10.3. The molecule has 0 amide bonds. The Morgan fingerprint density at radius 2 is 1.57 bits per heavy atom. The van der Waals surface area contributed by atoms with E-state index in [2.05, 4.69) is 47.8 Å². The van der Waals surface area contributed by atoms with E-state index in [-0.39, 0.29) is 5.78 Å². The summed E-state index contributed by atoms with van der Waals surface area (Å²) in [5.74, 6) is 1.72. The molecule has 0 aliphatic rings. The van der Waals surface area contributed by atoms with Gasteiger partial charge in [0.15, 0.2) is 5.78 Å². The highest BCUT2D eigenvalue weighted by Crippen LogP contribution is 2.39. The van der Waals surface area contributed by atoms with E-state index < -0.39 is 0 Å². The summed E-state index contributed by atoms with van der Waals surface area (Å²) in [6.45, 7) is 1.51. The number of carbonyl (C=O) groups excluding carboxylic acids is 1. The molecule has 0 unspecified atom stereocenters. The van der Waals surface area contributed by atoms with Crippen molar-refractivity contribution in [2.75, 3.05) is 7.11 Å². The van der Waals surface area contributed by atoms with Gasteiger partial charge >= 0.3 is 0 Å². The number of ether oxygens (including phenoxy) is 2. The van der Waals surface area contributed by atoms with Crippen LogP contribution >= 0.6 is 47.8 Å². The maximum Gasteiger partial charge on any atom is 0.163 e. The number of hydrogen-bond acceptors (Lipinski definition) is 3. The van der Waals surface area contributed by atoms with E-state index in [9.17, 15) is 4.79 Å². The van der Waals surface area contributed by atoms with Crippen molar-refractivity contribution < 1.29 is 14.3 Å². The zero-order chi connectivity index (χ0) is 15.6. The largest absolute Gasteiger partial charge is 0.496 e. The second kappa shape index (κ2) is 6.94. The third-order valence-corrected chi connectivity index (χ3v) is 4.48. The predicted octanol–water partition coefficient (Wildman–Crippen LogP) is 5.98. The summed E-state index contributed by atoms with van der Waals surface area (Å²) in [6.07, 6.45) is 0. The summed E-state index contributed by atoms with van der Waals surface area (Å²) < 4.78 is 13.4. The third kappa shape index (κ3) is 3.87. The molecule has 2 aromatic rings. The topological polar surface area (TPSA) is 35.5 Å². The molecule has 0 heterocycles. The Morgan fingerprint density at radius 1 is 0.952 bits per heavy atom. The molecule has 0 saturated carbocycles. The molecular weight excluding hydrogens is 468 g/mol. The van der Waals surface area contributed by atoms with Crippen LogP contribution in [0.3, 0.4) is 0 Å². The minimum absolute atomic E-state index is 0.0544. The van der Waals surface area contributed by atoms with E-state index in [0.29, 0.717) is 22.8 Å².